The molecule has 0 fully saturated rings. The van der Waals surface area contributed by atoms with Crippen LogP contribution in [0.5, 0.6) is 0 Å². The van der Waals surface area contributed by atoms with Crippen molar-refractivity contribution in [1.29, 1.82) is 0 Å². The predicted octanol–water partition coefficient (Wildman–Crippen LogP) is 4.22. The third kappa shape index (κ3) is 2.77. The van der Waals surface area contributed by atoms with Crippen molar-refractivity contribution in [2.24, 2.45) is 0 Å². The average molecular weight is 295 g/mol. The number of nitrogens with one attached hydrogen (secondary N) is 1. The molecular formula is C13H12BrFN2. The third-order valence-corrected chi connectivity index (χ3v) is 3.34. The molecule has 2 aromatic carbocycles. The largest absolute Gasteiger partial charge is 0.397 e. The Kier molecular flexibility index (Phi) is 3.33. The molecule has 2 nitrogen and oxygen atoms in total. The summed E-state index contributed by atoms with van der Waals surface area (Å²) in [6, 6.07) is 10.1. The van der Waals surface area contributed by atoms with Gasteiger partial charge >= 0.3 is 0 Å². The van der Waals surface area contributed by atoms with Crippen LogP contribution in [0.25, 0.3) is 0 Å². The summed E-state index contributed by atoms with van der Waals surface area (Å²) in [7, 11) is 0. The van der Waals surface area contributed by atoms with Crippen molar-refractivity contribution in [1.82, 2.24) is 0 Å². The maximum absolute atomic E-state index is 13.1. The number of halogens is 2. The summed E-state index contributed by atoms with van der Waals surface area (Å²) in [6.45, 7) is 1.99. The first-order chi connectivity index (χ1) is 8.06. The molecule has 0 unspecified atom stereocenters. The highest BCUT2D eigenvalue weighted by molar-refractivity contribution is 9.10. The molecule has 0 amide bonds. The van der Waals surface area contributed by atoms with Crippen molar-refractivity contribution in [2.75, 3.05) is 11.1 Å². The maximum Gasteiger partial charge on any atom is 0.125 e. The smallest absolute Gasteiger partial charge is 0.125 e. The van der Waals surface area contributed by atoms with Gasteiger partial charge in [-0.25, -0.2) is 4.39 Å². The number of nitrogen functional groups attached to an aromatic ring is 1. The maximum atomic E-state index is 13.1. The first-order valence-electron chi connectivity index (χ1n) is 5.14. The van der Waals surface area contributed by atoms with Crippen LogP contribution in [0.4, 0.5) is 21.5 Å². The van der Waals surface area contributed by atoms with Crippen molar-refractivity contribution in [2.45, 2.75) is 6.92 Å². The second-order valence-corrected chi connectivity index (χ2v) is 4.67. The molecule has 4 heteroatoms. The van der Waals surface area contributed by atoms with Gasteiger partial charge in [-0.15, -0.1) is 0 Å². The number of anilines is 3. The minimum atomic E-state index is -0.310. The quantitative estimate of drug-likeness (QED) is 0.814. The van der Waals surface area contributed by atoms with Crippen LogP contribution >= 0.6 is 15.9 Å². The molecule has 0 aliphatic carbocycles. The summed E-state index contributed by atoms with van der Waals surface area (Å²) in [5.41, 5.74) is 8.84. The van der Waals surface area contributed by atoms with E-state index in [0.717, 1.165) is 15.7 Å². The van der Waals surface area contributed by atoms with Gasteiger partial charge in [0.1, 0.15) is 5.82 Å². The lowest BCUT2D eigenvalue weighted by molar-refractivity contribution is 0.628. The van der Waals surface area contributed by atoms with Crippen molar-refractivity contribution >= 4 is 33.0 Å². The van der Waals surface area contributed by atoms with Crippen LogP contribution in [0, 0.1) is 12.7 Å². The summed E-state index contributed by atoms with van der Waals surface area (Å²) < 4.78 is 14.1. The first kappa shape index (κ1) is 11.9. The molecular weight excluding hydrogens is 283 g/mol. The van der Waals surface area contributed by atoms with E-state index in [2.05, 4.69) is 21.2 Å². The summed E-state index contributed by atoms with van der Waals surface area (Å²) >= 11 is 3.43. The number of benzene rings is 2. The summed E-state index contributed by atoms with van der Waals surface area (Å²) in [4.78, 5) is 0. The predicted molar refractivity (Wildman–Crippen MR) is 73.0 cm³/mol. The van der Waals surface area contributed by atoms with Gasteiger partial charge in [-0.3, -0.25) is 0 Å². The molecule has 0 aliphatic heterocycles. The van der Waals surface area contributed by atoms with Gasteiger partial charge in [0.05, 0.1) is 11.4 Å². The van der Waals surface area contributed by atoms with Gasteiger partial charge in [-0.2, -0.15) is 0 Å². The van der Waals surface area contributed by atoms with Crippen molar-refractivity contribution in [3.8, 4) is 0 Å². The van der Waals surface area contributed by atoms with E-state index in [1.165, 1.54) is 12.1 Å². The van der Waals surface area contributed by atoms with Gasteiger partial charge in [-0.1, -0.05) is 15.9 Å². The minimum Gasteiger partial charge on any atom is -0.397 e. The molecule has 2 aromatic rings. The highest BCUT2D eigenvalue weighted by Gasteiger charge is 2.03. The molecule has 0 saturated heterocycles. The first-order valence-corrected chi connectivity index (χ1v) is 5.94. The Bertz CT molecular complexity index is 555. The Labute approximate surface area is 108 Å². The van der Waals surface area contributed by atoms with Gasteiger partial charge in [0, 0.05) is 10.2 Å². The summed E-state index contributed by atoms with van der Waals surface area (Å²) in [5.74, 6) is -0.310. The second-order valence-electron chi connectivity index (χ2n) is 3.82. The lowest BCUT2D eigenvalue weighted by Crippen LogP contribution is -1.97. The van der Waals surface area contributed by atoms with Crippen LogP contribution in [-0.4, -0.2) is 0 Å². The fourth-order valence-electron chi connectivity index (χ4n) is 1.51. The number of nitrogens with two attached hydrogens (primary N) is 1. The fourth-order valence-corrected chi connectivity index (χ4v) is 1.76. The molecule has 0 heterocycles. The van der Waals surface area contributed by atoms with E-state index in [9.17, 15) is 4.39 Å². The van der Waals surface area contributed by atoms with E-state index < -0.39 is 0 Å². The van der Waals surface area contributed by atoms with Gasteiger partial charge in [-0.05, 0) is 48.9 Å². The number of rotatable bonds is 2. The van der Waals surface area contributed by atoms with Crippen LogP contribution in [0.2, 0.25) is 0 Å². The van der Waals surface area contributed by atoms with Crippen LogP contribution in [0.3, 0.4) is 0 Å². The summed E-state index contributed by atoms with van der Waals surface area (Å²) in [6.07, 6.45) is 0. The van der Waals surface area contributed by atoms with Gasteiger partial charge in [0.2, 0.25) is 0 Å². The number of hydrogen-bond acceptors (Lipinski definition) is 2. The van der Waals surface area contributed by atoms with E-state index in [4.69, 9.17) is 5.73 Å². The normalized spacial score (nSPS) is 10.3. The molecule has 17 heavy (non-hydrogen) atoms. The van der Waals surface area contributed by atoms with E-state index >= 15 is 0 Å². The highest BCUT2D eigenvalue weighted by Crippen LogP contribution is 2.26. The van der Waals surface area contributed by atoms with E-state index in [1.54, 1.807) is 6.07 Å². The van der Waals surface area contributed by atoms with E-state index in [-0.39, 0.29) is 5.82 Å². The number of aryl methyl sites for hydroxylation is 1. The zero-order valence-electron chi connectivity index (χ0n) is 9.30. The average Bonchev–Trinajstić information content (AvgIpc) is 2.29. The molecule has 3 N–H and O–H groups in total. The highest BCUT2D eigenvalue weighted by atomic mass is 79.9. The zero-order valence-corrected chi connectivity index (χ0v) is 10.9. The van der Waals surface area contributed by atoms with Crippen LogP contribution in [-0.2, 0) is 0 Å². The molecule has 0 spiro atoms. The fraction of sp³-hybridized carbons (Fsp3) is 0.0769. The van der Waals surface area contributed by atoms with Crippen molar-refractivity contribution in [3.63, 3.8) is 0 Å². The van der Waals surface area contributed by atoms with Gasteiger partial charge in [0.15, 0.2) is 0 Å². The molecule has 0 bridgehead atoms. The SMILES string of the molecule is Cc1cc(Nc2cc(F)ccc2N)ccc1Br. The number of hydrogen-bond donors (Lipinski definition) is 2. The summed E-state index contributed by atoms with van der Waals surface area (Å²) in [5, 5.41) is 3.10. The zero-order chi connectivity index (χ0) is 12.4. The van der Waals surface area contributed by atoms with Crippen LogP contribution in [0.1, 0.15) is 5.56 Å². The van der Waals surface area contributed by atoms with Gasteiger partial charge < -0.3 is 11.1 Å². The molecule has 88 valence electrons. The Morgan fingerprint density at radius 3 is 2.65 bits per heavy atom. The van der Waals surface area contributed by atoms with Crippen LogP contribution < -0.4 is 11.1 Å². The topological polar surface area (TPSA) is 38.0 Å². The Morgan fingerprint density at radius 1 is 1.18 bits per heavy atom. The molecule has 0 saturated carbocycles. The lowest BCUT2D eigenvalue weighted by atomic mass is 10.2. The molecule has 0 atom stereocenters. The minimum absolute atomic E-state index is 0.310. The molecule has 2 rings (SSSR count). The molecule has 0 aromatic heterocycles. The van der Waals surface area contributed by atoms with Gasteiger partial charge in [0.25, 0.3) is 0 Å². The second kappa shape index (κ2) is 4.75. The standard InChI is InChI=1S/C13H12BrFN2/c1-8-6-10(3-4-11(8)14)17-13-7-9(15)2-5-12(13)16/h2-7,17H,16H2,1H3. The Balaban J connectivity index is 2.31. The van der Waals surface area contributed by atoms with Crippen molar-refractivity contribution in [3.05, 3.63) is 52.3 Å². The Hall–Kier alpha value is -1.55. The monoisotopic (exact) mass is 294 g/mol. The lowest BCUT2D eigenvalue weighted by Gasteiger charge is -2.10. The van der Waals surface area contributed by atoms with Crippen LogP contribution in [0.15, 0.2) is 40.9 Å². The molecule has 0 aliphatic rings. The Morgan fingerprint density at radius 2 is 1.94 bits per heavy atom. The van der Waals surface area contributed by atoms with E-state index in [1.807, 2.05) is 25.1 Å². The molecule has 0 radical (unpaired) electrons. The van der Waals surface area contributed by atoms with E-state index in [0.29, 0.717) is 11.4 Å². The third-order valence-electron chi connectivity index (χ3n) is 2.45. The van der Waals surface area contributed by atoms with Crippen molar-refractivity contribution < 1.29 is 4.39 Å².